The van der Waals surface area contributed by atoms with Crippen LogP contribution in [-0.4, -0.2) is 9.91 Å². The molecule has 1 aromatic heterocycles. The van der Waals surface area contributed by atoms with Gasteiger partial charge in [-0.1, -0.05) is 15.9 Å². The van der Waals surface area contributed by atoms with E-state index in [0.717, 1.165) is 6.20 Å². The Morgan fingerprint density at radius 3 is 2.69 bits per heavy atom. The van der Waals surface area contributed by atoms with Gasteiger partial charge in [0, 0.05) is 17.1 Å². The highest BCUT2D eigenvalue weighted by molar-refractivity contribution is 9.08. The number of alkyl halides is 3. The summed E-state index contributed by atoms with van der Waals surface area (Å²) in [5.41, 5.74) is -2.08. The molecule has 16 heavy (non-hydrogen) atoms. The van der Waals surface area contributed by atoms with E-state index >= 15 is 0 Å². The van der Waals surface area contributed by atoms with Crippen LogP contribution < -0.4 is 0 Å². The predicted octanol–water partition coefficient (Wildman–Crippen LogP) is 2.69. The summed E-state index contributed by atoms with van der Waals surface area (Å²) in [7, 11) is 0. The number of aromatic nitrogens is 1. The predicted molar refractivity (Wildman–Crippen MR) is 53.2 cm³/mol. The number of rotatable bonds is 3. The van der Waals surface area contributed by atoms with Crippen LogP contribution in [0.5, 0.6) is 0 Å². The summed E-state index contributed by atoms with van der Waals surface area (Å²) in [5, 5.41) is 19.5. The lowest BCUT2D eigenvalue weighted by molar-refractivity contribution is -0.386. The first-order chi connectivity index (χ1) is 7.52. The first-order valence-electron chi connectivity index (χ1n) is 3.93. The van der Waals surface area contributed by atoms with Crippen LogP contribution in [0.25, 0.3) is 0 Å². The molecule has 0 amide bonds. The van der Waals surface area contributed by atoms with Crippen molar-refractivity contribution < 1.29 is 13.7 Å². The molecule has 0 fully saturated rings. The van der Waals surface area contributed by atoms with E-state index in [1.807, 2.05) is 0 Å². The fraction of sp³-hybridized carbons (Fsp3) is 0.250. The topological polar surface area (TPSA) is 79.8 Å². The van der Waals surface area contributed by atoms with Crippen molar-refractivity contribution in [1.29, 1.82) is 5.26 Å². The molecule has 84 valence electrons. The molecule has 5 nitrogen and oxygen atoms in total. The number of pyridine rings is 1. The molecule has 0 N–H and O–H groups in total. The molecule has 1 heterocycles. The Balaban J connectivity index is 3.59. The average Bonchev–Trinajstić information content (AvgIpc) is 2.26. The van der Waals surface area contributed by atoms with Gasteiger partial charge in [0.05, 0.1) is 4.92 Å². The van der Waals surface area contributed by atoms with Gasteiger partial charge in [-0.3, -0.25) is 10.1 Å². The molecule has 8 heteroatoms. The Labute approximate surface area is 97.0 Å². The zero-order valence-electron chi connectivity index (χ0n) is 7.65. The fourth-order valence-electron chi connectivity index (χ4n) is 1.12. The van der Waals surface area contributed by atoms with Gasteiger partial charge in [0.2, 0.25) is 0 Å². The highest BCUT2D eigenvalue weighted by atomic mass is 79.9. The quantitative estimate of drug-likeness (QED) is 0.487. The Hall–Kier alpha value is -1.62. The fourth-order valence-corrected chi connectivity index (χ4v) is 1.55. The Morgan fingerprint density at radius 1 is 1.69 bits per heavy atom. The third kappa shape index (κ3) is 2.14. The monoisotopic (exact) mass is 291 g/mol. The Bertz CT molecular complexity index is 473. The number of hydrogen-bond donors (Lipinski definition) is 0. The maximum Gasteiger partial charge on any atom is 0.314 e. The summed E-state index contributed by atoms with van der Waals surface area (Å²) in [5.74, 6) is 0. The van der Waals surface area contributed by atoms with E-state index in [1.165, 1.54) is 0 Å². The van der Waals surface area contributed by atoms with Crippen molar-refractivity contribution >= 4 is 21.6 Å². The third-order valence-corrected chi connectivity index (χ3v) is 2.41. The van der Waals surface area contributed by atoms with Crippen molar-refractivity contribution in [3.63, 3.8) is 0 Å². The second kappa shape index (κ2) is 4.94. The van der Waals surface area contributed by atoms with Crippen LogP contribution in [0, 0.1) is 21.4 Å². The first kappa shape index (κ1) is 12.4. The smallest absolute Gasteiger partial charge is 0.258 e. The normalized spacial score (nSPS) is 10.2. The molecule has 1 rings (SSSR count). The molecule has 0 atom stereocenters. The van der Waals surface area contributed by atoms with Gasteiger partial charge in [-0.15, -0.1) is 0 Å². The van der Waals surface area contributed by atoms with E-state index in [9.17, 15) is 18.9 Å². The van der Waals surface area contributed by atoms with Crippen molar-refractivity contribution in [1.82, 2.24) is 4.98 Å². The lowest BCUT2D eigenvalue weighted by Gasteiger charge is -2.05. The minimum Gasteiger partial charge on any atom is -0.258 e. The number of nitro groups is 1. The molecule has 0 radical (unpaired) electrons. The molecule has 0 aliphatic heterocycles. The molecule has 0 saturated carbocycles. The molecule has 0 aromatic carbocycles. The average molecular weight is 292 g/mol. The third-order valence-electron chi connectivity index (χ3n) is 1.81. The largest absolute Gasteiger partial charge is 0.314 e. The molecule has 0 aliphatic carbocycles. The number of nitrogens with zero attached hydrogens (tertiary/aromatic N) is 3. The van der Waals surface area contributed by atoms with Gasteiger partial charge in [-0.05, 0) is 0 Å². The van der Waals surface area contributed by atoms with Crippen molar-refractivity contribution in [3.05, 3.63) is 33.1 Å². The minimum absolute atomic E-state index is 0.132. The number of nitriles is 1. The molecule has 0 spiro atoms. The lowest BCUT2D eigenvalue weighted by atomic mass is 10.1. The van der Waals surface area contributed by atoms with Crippen molar-refractivity contribution in [2.75, 3.05) is 0 Å². The van der Waals surface area contributed by atoms with E-state index in [4.69, 9.17) is 5.26 Å². The molecular formula is C8H4BrF2N3O2. The molecule has 1 aromatic rings. The van der Waals surface area contributed by atoms with Crippen LogP contribution in [0.4, 0.5) is 14.5 Å². The summed E-state index contributed by atoms with van der Waals surface area (Å²) in [6.07, 6.45) is -2.06. The summed E-state index contributed by atoms with van der Waals surface area (Å²) in [4.78, 5) is 12.9. The SMILES string of the molecule is N#Cc1c(CBr)cnc(C(F)F)c1[N+](=O)[O-]. The molecule has 0 unspecified atom stereocenters. The number of halogens is 3. The van der Waals surface area contributed by atoms with Crippen LogP contribution >= 0.6 is 15.9 Å². The van der Waals surface area contributed by atoms with Crippen LogP contribution in [0.2, 0.25) is 0 Å². The summed E-state index contributed by atoms with van der Waals surface area (Å²) < 4.78 is 24.9. The van der Waals surface area contributed by atoms with Crippen LogP contribution in [0.15, 0.2) is 6.20 Å². The van der Waals surface area contributed by atoms with Crippen LogP contribution in [0.3, 0.4) is 0 Å². The van der Waals surface area contributed by atoms with Gasteiger partial charge in [-0.2, -0.15) is 5.26 Å². The standard InChI is InChI=1S/C8H4BrF2N3O2/c9-1-4-3-13-6(8(10)11)7(14(15)16)5(4)2-12/h3,8H,1H2. The van der Waals surface area contributed by atoms with Crippen molar-refractivity contribution in [3.8, 4) is 6.07 Å². The first-order valence-corrected chi connectivity index (χ1v) is 5.05. The zero-order valence-corrected chi connectivity index (χ0v) is 9.24. The maximum absolute atomic E-state index is 12.5. The summed E-state index contributed by atoms with van der Waals surface area (Å²) in [6, 6.07) is 1.55. The lowest BCUT2D eigenvalue weighted by Crippen LogP contribution is -2.04. The van der Waals surface area contributed by atoms with E-state index in [-0.39, 0.29) is 16.5 Å². The molecule has 0 bridgehead atoms. The number of hydrogen-bond acceptors (Lipinski definition) is 4. The maximum atomic E-state index is 12.5. The van der Waals surface area contributed by atoms with Gasteiger partial charge in [-0.25, -0.2) is 13.8 Å². The molecular weight excluding hydrogens is 288 g/mol. The van der Waals surface area contributed by atoms with Crippen LogP contribution in [0.1, 0.15) is 23.2 Å². The zero-order chi connectivity index (χ0) is 12.3. The molecule has 0 saturated heterocycles. The Kier molecular flexibility index (Phi) is 3.84. The van der Waals surface area contributed by atoms with Gasteiger partial charge in [0.25, 0.3) is 6.43 Å². The van der Waals surface area contributed by atoms with E-state index in [2.05, 4.69) is 20.9 Å². The van der Waals surface area contributed by atoms with Gasteiger partial charge in [0.1, 0.15) is 11.6 Å². The second-order valence-electron chi connectivity index (χ2n) is 2.70. The van der Waals surface area contributed by atoms with E-state index in [1.54, 1.807) is 6.07 Å². The van der Waals surface area contributed by atoms with Crippen molar-refractivity contribution in [2.45, 2.75) is 11.8 Å². The van der Waals surface area contributed by atoms with Gasteiger partial charge >= 0.3 is 5.69 Å². The van der Waals surface area contributed by atoms with E-state index in [0.29, 0.717) is 0 Å². The summed E-state index contributed by atoms with van der Waals surface area (Å²) in [6.45, 7) is 0. The van der Waals surface area contributed by atoms with Gasteiger partial charge in [0.15, 0.2) is 5.69 Å². The van der Waals surface area contributed by atoms with E-state index < -0.39 is 22.7 Å². The highest BCUT2D eigenvalue weighted by Crippen LogP contribution is 2.32. The second-order valence-corrected chi connectivity index (χ2v) is 3.26. The van der Waals surface area contributed by atoms with Gasteiger partial charge < -0.3 is 0 Å². The molecule has 0 aliphatic rings. The summed E-state index contributed by atoms with van der Waals surface area (Å²) >= 11 is 2.99. The van der Waals surface area contributed by atoms with Crippen molar-refractivity contribution in [2.24, 2.45) is 0 Å². The Morgan fingerprint density at radius 2 is 2.31 bits per heavy atom. The highest BCUT2D eigenvalue weighted by Gasteiger charge is 2.29. The minimum atomic E-state index is -3.09. The van der Waals surface area contributed by atoms with Crippen LogP contribution in [-0.2, 0) is 5.33 Å².